The zero-order valence-corrected chi connectivity index (χ0v) is 13.3. The normalized spacial score (nSPS) is 10.4. The Kier molecular flexibility index (Phi) is 4.59. The molecule has 120 valence electrons. The van der Waals surface area contributed by atoms with Gasteiger partial charge in [-0.2, -0.15) is 10.4 Å². The van der Waals surface area contributed by atoms with Gasteiger partial charge < -0.3 is 9.84 Å². The number of rotatable bonds is 5. The summed E-state index contributed by atoms with van der Waals surface area (Å²) in [4.78, 5) is 0. The van der Waals surface area contributed by atoms with Crippen LogP contribution in [0.25, 0.3) is 16.9 Å². The maximum absolute atomic E-state index is 9.19. The molecule has 0 bridgehead atoms. The quantitative estimate of drug-likeness (QED) is 0.785. The summed E-state index contributed by atoms with van der Waals surface area (Å²) in [6, 6.07) is 19.3. The van der Waals surface area contributed by atoms with Gasteiger partial charge in [0.25, 0.3) is 0 Å². The first-order valence-corrected chi connectivity index (χ1v) is 7.60. The van der Waals surface area contributed by atoms with E-state index in [2.05, 4.69) is 11.2 Å². The summed E-state index contributed by atoms with van der Waals surface area (Å²) in [7, 11) is 1.62. The van der Waals surface area contributed by atoms with E-state index in [0.717, 1.165) is 28.3 Å². The van der Waals surface area contributed by atoms with Gasteiger partial charge in [0.05, 0.1) is 18.5 Å². The van der Waals surface area contributed by atoms with Gasteiger partial charge in [0.1, 0.15) is 11.8 Å². The third kappa shape index (κ3) is 3.14. The minimum absolute atomic E-state index is 0.127. The van der Waals surface area contributed by atoms with E-state index in [4.69, 9.17) is 9.84 Å². The summed E-state index contributed by atoms with van der Waals surface area (Å²) in [5.74, 6) is 0.765. The van der Waals surface area contributed by atoms with Crippen molar-refractivity contribution in [2.24, 2.45) is 0 Å². The molecule has 1 heterocycles. The molecule has 1 N–H and O–H groups in total. The predicted molar refractivity (Wildman–Crippen MR) is 91.1 cm³/mol. The molecule has 0 aliphatic heterocycles. The van der Waals surface area contributed by atoms with E-state index in [1.165, 1.54) is 0 Å². The lowest BCUT2D eigenvalue weighted by Crippen LogP contribution is -1.99. The Morgan fingerprint density at radius 2 is 1.83 bits per heavy atom. The number of benzene rings is 2. The highest BCUT2D eigenvalue weighted by molar-refractivity contribution is 5.64. The molecule has 0 unspecified atom stereocenters. The Labute approximate surface area is 140 Å². The average Bonchev–Trinajstić information content (AvgIpc) is 3.07. The molecule has 0 radical (unpaired) electrons. The van der Waals surface area contributed by atoms with Crippen molar-refractivity contribution >= 4 is 0 Å². The lowest BCUT2D eigenvalue weighted by molar-refractivity contribution is 0.299. The van der Waals surface area contributed by atoms with E-state index in [1.807, 2.05) is 48.5 Å². The standard InChI is InChI=1S/C19H17N3O2/c1-24-18-8-6-17(7-9-18)22-19(12-16(13-20)21-22)15-4-2-14(3-5-15)10-11-23/h2-9,12,23H,10-11H2,1H3. The Morgan fingerprint density at radius 3 is 2.42 bits per heavy atom. The molecule has 0 aliphatic rings. The van der Waals surface area contributed by atoms with Crippen LogP contribution in [0.2, 0.25) is 0 Å². The molecule has 1 aromatic heterocycles. The van der Waals surface area contributed by atoms with Crippen LogP contribution in [-0.4, -0.2) is 28.6 Å². The molecule has 0 saturated heterocycles. The molecule has 0 atom stereocenters. The number of aliphatic hydroxyl groups excluding tert-OH is 1. The van der Waals surface area contributed by atoms with Gasteiger partial charge in [-0.05, 0) is 36.2 Å². The van der Waals surface area contributed by atoms with Crippen LogP contribution in [0.5, 0.6) is 5.75 Å². The molecule has 0 amide bonds. The molecule has 3 rings (SSSR count). The number of aliphatic hydroxyl groups is 1. The van der Waals surface area contributed by atoms with Crippen LogP contribution in [0.4, 0.5) is 0 Å². The Morgan fingerprint density at radius 1 is 1.12 bits per heavy atom. The molecule has 3 aromatic rings. The molecular formula is C19H17N3O2. The highest BCUT2D eigenvalue weighted by Gasteiger charge is 2.12. The van der Waals surface area contributed by atoms with Gasteiger partial charge in [-0.3, -0.25) is 0 Å². The summed E-state index contributed by atoms with van der Waals surface area (Å²) >= 11 is 0. The van der Waals surface area contributed by atoms with Gasteiger partial charge in [0, 0.05) is 18.2 Å². The van der Waals surface area contributed by atoms with E-state index in [0.29, 0.717) is 12.1 Å². The van der Waals surface area contributed by atoms with Crippen molar-refractivity contribution in [3.63, 3.8) is 0 Å². The summed E-state index contributed by atoms with van der Waals surface area (Å²) < 4.78 is 6.93. The van der Waals surface area contributed by atoms with Crippen LogP contribution >= 0.6 is 0 Å². The third-order valence-electron chi connectivity index (χ3n) is 3.79. The number of methoxy groups -OCH3 is 1. The predicted octanol–water partition coefficient (Wildman–Crippen LogP) is 2.95. The van der Waals surface area contributed by atoms with Crippen molar-refractivity contribution < 1.29 is 9.84 Å². The first-order valence-electron chi connectivity index (χ1n) is 7.60. The molecular weight excluding hydrogens is 302 g/mol. The number of nitrogens with zero attached hydrogens (tertiary/aromatic N) is 3. The molecule has 5 nitrogen and oxygen atoms in total. The summed E-state index contributed by atoms with van der Waals surface area (Å²) in [6.07, 6.45) is 0.626. The van der Waals surface area contributed by atoms with Crippen molar-refractivity contribution in [2.45, 2.75) is 6.42 Å². The summed E-state index contributed by atoms with van der Waals surface area (Å²) in [6.45, 7) is 0.127. The van der Waals surface area contributed by atoms with E-state index in [1.54, 1.807) is 17.9 Å². The highest BCUT2D eigenvalue weighted by atomic mass is 16.5. The van der Waals surface area contributed by atoms with Crippen LogP contribution < -0.4 is 4.74 Å². The minimum Gasteiger partial charge on any atom is -0.497 e. The van der Waals surface area contributed by atoms with E-state index < -0.39 is 0 Å². The zero-order chi connectivity index (χ0) is 16.9. The second-order valence-corrected chi connectivity index (χ2v) is 5.31. The minimum atomic E-state index is 0.127. The molecule has 0 saturated carbocycles. The number of hydrogen-bond acceptors (Lipinski definition) is 4. The van der Waals surface area contributed by atoms with Gasteiger partial charge in [0.2, 0.25) is 0 Å². The van der Waals surface area contributed by atoms with E-state index in [9.17, 15) is 5.26 Å². The highest BCUT2D eigenvalue weighted by Crippen LogP contribution is 2.25. The second-order valence-electron chi connectivity index (χ2n) is 5.31. The SMILES string of the molecule is COc1ccc(-n2nc(C#N)cc2-c2ccc(CCO)cc2)cc1. The van der Waals surface area contributed by atoms with Gasteiger partial charge >= 0.3 is 0 Å². The topological polar surface area (TPSA) is 71.1 Å². The van der Waals surface area contributed by atoms with Gasteiger partial charge in [-0.25, -0.2) is 4.68 Å². The Balaban J connectivity index is 2.03. The van der Waals surface area contributed by atoms with Crippen molar-refractivity contribution in [1.82, 2.24) is 9.78 Å². The van der Waals surface area contributed by atoms with Gasteiger partial charge in [-0.15, -0.1) is 0 Å². The van der Waals surface area contributed by atoms with Crippen LogP contribution in [0.1, 0.15) is 11.3 Å². The molecule has 5 heteroatoms. The number of aromatic nitrogens is 2. The van der Waals surface area contributed by atoms with Crippen LogP contribution in [0.3, 0.4) is 0 Å². The van der Waals surface area contributed by atoms with Crippen LogP contribution in [0, 0.1) is 11.3 Å². The maximum Gasteiger partial charge on any atom is 0.163 e. The van der Waals surface area contributed by atoms with Crippen LogP contribution in [-0.2, 0) is 6.42 Å². The van der Waals surface area contributed by atoms with Crippen molar-refractivity contribution in [3.8, 4) is 28.8 Å². The first-order chi connectivity index (χ1) is 11.7. The maximum atomic E-state index is 9.19. The molecule has 0 fully saturated rings. The van der Waals surface area contributed by atoms with E-state index in [-0.39, 0.29) is 6.61 Å². The summed E-state index contributed by atoms with van der Waals surface area (Å²) in [5.41, 5.74) is 4.08. The first kappa shape index (κ1) is 15.8. The fourth-order valence-electron chi connectivity index (χ4n) is 2.53. The summed E-state index contributed by atoms with van der Waals surface area (Å²) in [5, 5.41) is 22.6. The van der Waals surface area contributed by atoms with Crippen LogP contribution in [0.15, 0.2) is 54.6 Å². The van der Waals surface area contributed by atoms with Gasteiger partial charge in [-0.1, -0.05) is 24.3 Å². The van der Waals surface area contributed by atoms with Crippen molar-refractivity contribution in [1.29, 1.82) is 5.26 Å². The molecule has 24 heavy (non-hydrogen) atoms. The Hall–Kier alpha value is -3.10. The molecule has 0 spiro atoms. The lowest BCUT2D eigenvalue weighted by atomic mass is 10.1. The average molecular weight is 319 g/mol. The largest absolute Gasteiger partial charge is 0.497 e. The number of ether oxygens (including phenoxy) is 1. The number of nitriles is 1. The fourth-order valence-corrected chi connectivity index (χ4v) is 2.53. The Bertz CT molecular complexity index is 859. The molecule has 0 aliphatic carbocycles. The monoisotopic (exact) mass is 319 g/mol. The van der Waals surface area contributed by atoms with Gasteiger partial charge in [0.15, 0.2) is 5.69 Å². The second kappa shape index (κ2) is 6.99. The smallest absolute Gasteiger partial charge is 0.163 e. The molecule has 2 aromatic carbocycles. The zero-order valence-electron chi connectivity index (χ0n) is 13.3. The van der Waals surface area contributed by atoms with Crippen molar-refractivity contribution in [2.75, 3.05) is 13.7 Å². The number of hydrogen-bond donors (Lipinski definition) is 1. The lowest BCUT2D eigenvalue weighted by Gasteiger charge is -2.09. The van der Waals surface area contributed by atoms with Crippen molar-refractivity contribution in [3.05, 3.63) is 65.9 Å². The third-order valence-corrected chi connectivity index (χ3v) is 3.79. The fraction of sp³-hybridized carbons (Fsp3) is 0.158. The van der Waals surface area contributed by atoms with E-state index >= 15 is 0 Å².